The number of carbonyl (C=O) groups is 1. The second-order valence-electron chi connectivity index (χ2n) is 3.84. The van der Waals surface area contributed by atoms with E-state index in [-0.39, 0.29) is 11.7 Å². The quantitative estimate of drug-likeness (QED) is 0.782. The molecule has 0 bridgehead atoms. The third-order valence-electron chi connectivity index (χ3n) is 2.69. The van der Waals surface area contributed by atoms with E-state index in [2.05, 4.69) is 16.9 Å². The van der Waals surface area contributed by atoms with Gasteiger partial charge in [0.05, 0.1) is 0 Å². The summed E-state index contributed by atoms with van der Waals surface area (Å²) in [5, 5.41) is 3.02. The summed E-state index contributed by atoms with van der Waals surface area (Å²) in [7, 11) is 1.54. The second-order valence-corrected chi connectivity index (χ2v) is 3.84. The number of halogens is 1. The molecule has 0 aliphatic carbocycles. The number of amides is 1. The van der Waals surface area contributed by atoms with Crippen molar-refractivity contribution in [3.8, 4) is 0 Å². The SMILES string of the molecule is C=C(Cc1c[nH]c2cccc(F)c12)C(=O)NC. The van der Waals surface area contributed by atoms with E-state index in [4.69, 9.17) is 0 Å². The Hall–Kier alpha value is -2.10. The minimum atomic E-state index is -0.288. The minimum absolute atomic E-state index is 0.226. The first-order chi connectivity index (χ1) is 8.13. The van der Waals surface area contributed by atoms with Gasteiger partial charge in [-0.15, -0.1) is 0 Å². The fraction of sp³-hybridized carbons (Fsp3) is 0.154. The molecule has 0 saturated heterocycles. The van der Waals surface area contributed by atoms with Crippen molar-refractivity contribution in [1.82, 2.24) is 10.3 Å². The molecule has 0 radical (unpaired) electrons. The molecular weight excluding hydrogens is 219 g/mol. The van der Waals surface area contributed by atoms with Crippen molar-refractivity contribution in [3.05, 3.63) is 47.9 Å². The highest BCUT2D eigenvalue weighted by atomic mass is 19.1. The standard InChI is InChI=1S/C13H13FN2O/c1-8(13(17)15-2)6-9-7-16-11-5-3-4-10(14)12(9)11/h3-5,7,16H,1,6H2,2H3,(H,15,17). The molecule has 0 spiro atoms. The number of hydrogen-bond acceptors (Lipinski definition) is 1. The summed E-state index contributed by atoms with van der Waals surface area (Å²) in [5.41, 5.74) is 1.88. The van der Waals surface area contributed by atoms with Crippen LogP contribution in [0.5, 0.6) is 0 Å². The minimum Gasteiger partial charge on any atom is -0.361 e. The predicted molar refractivity (Wildman–Crippen MR) is 65.2 cm³/mol. The van der Waals surface area contributed by atoms with Gasteiger partial charge in [-0.1, -0.05) is 12.6 Å². The van der Waals surface area contributed by atoms with Crippen LogP contribution in [0.25, 0.3) is 10.9 Å². The van der Waals surface area contributed by atoms with Crippen molar-refractivity contribution in [1.29, 1.82) is 0 Å². The molecule has 0 aliphatic rings. The lowest BCUT2D eigenvalue weighted by Gasteiger charge is -2.03. The van der Waals surface area contributed by atoms with E-state index in [9.17, 15) is 9.18 Å². The molecule has 0 atom stereocenters. The Morgan fingerprint density at radius 1 is 1.53 bits per heavy atom. The average molecular weight is 232 g/mol. The van der Waals surface area contributed by atoms with E-state index in [0.29, 0.717) is 17.4 Å². The Labute approximate surface area is 98.3 Å². The van der Waals surface area contributed by atoms with Gasteiger partial charge in [0.25, 0.3) is 0 Å². The first-order valence-corrected chi connectivity index (χ1v) is 5.28. The molecule has 2 aromatic rings. The molecule has 4 heteroatoms. The zero-order chi connectivity index (χ0) is 12.4. The topological polar surface area (TPSA) is 44.9 Å². The van der Waals surface area contributed by atoms with Gasteiger partial charge >= 0.3 is 0 Å². The summed E-state index contributed by atoms with van der Waals surface area (Å²) < 4.78 is 13.7. The van der Waals surface area contributed by atoms with Gasteiger partial charge in [-0.05, 0) is 17.7 Å². The second kappa shape index (κ2) is 4.41. The number of rotatable bonds is 3. The number of hydrogen-bond donors (Lipinski definition) is 2. The van der Waals surface area contributed by atoms with Gasteiger partial charge in [-0.3, -0.25) is 4.79 Å². The number of aromatic nitrogens is 1. The van der Waals surface area contributed by atoms with E-state index < -0.39 is 0 Å². The lowest BCUT2D eigenvalue weighted by atomic mass is 10.0. The van der Waals surface area contributed by atoms with E-state index in [1.165, 1.54) is 6.07 Å². The number of nitrogens with one attached hydrogen (secondary N) is 2. The predicted octanol–water partition coefficient (Wildman–Crippen LogP) is 2.15. The number of likely N-dealkylation sites (N-methyl/N-ethyl adjacent to an activating group) is 1. The maximum absolute atomic E-state index is 13.7. The van der Waals surface area contributed by atoms with Crippen molar-refractivity contribution in [2.75, 3.05) is 7.05 Å². The van der Waals surface area contributed by atoms with E-state index in [1.807, 2.05) is 0 Å². The molecule has 2 N–H and O–H groups in total. The van der Waals surface area contributed by atoms with Gasteiger partial charge in [0.2, 0.25) is 5.91 Å². The fourth-order valence-corrected chi connectivity index (χ4v) is 1.83. The fourth-order valence-electron chi connectivity index (χ4n) is 1.83. The highest BCUT2D eigenvalue weighted by Crippen LogP contribution is 2.23. The Morgan fingerprint density at radius 2 is 2.29 bits per heavy atom. The maximum atomic E-state index is 13.7. The van der Waals surface area contributed by atoms with Gasteiger partial charge in [0.15, 0.2) is 0 Å². The van der Waals surface area contributed by atoms with Gasteiger partial charge < -0.3 is 10.3 Å². The normalized spacial score (nSPS) is 10.5. The molecule has 0 aliphatic heterocycles. The molecule has 0 saturated carbocycles. The molecule has 3 nitrogen and oxygen atoms in total. The largest absolute Gasteiger partial charge is 0.361 e. The molecule has 88 valence electrons. The molecular formula is C13H13FN2O. The van der Waals surface area contributed by atoms with Crippen LogP contribution in [0.4, 0.5) is 4.39 Å². The smallest absolute Gasteiger partial charge is 0.246 e. The number of carbonyl (C=O) groups excluding carboxylic acids is 1. The highest BCUT2D eigenvalue weighted by Gasteiger charge is 2.12. The molecule has 2 rings (SSSR count). The summed E-state index contributed by atoms with van der Waals surface area (Å²) in [5.74, 6) is -0.515. The Bertz CT molecular complexity index is 586. The van der Waals surface area contributed by atoms with Crippen LogP contribution in [-0.2, 0) is 11.2 Å². The molecule has 1 heterocycles. The summed E-state index contributed by atoms with van der Waals surface area (Å²) >= 11 is 0. The number of aromatic amines is 1. The van der Waals surface area contributed by atoms with Crippen LogP contribution in [-0.4, -0.2) is 17.9 Å². The van der Waals surface area contributed by atoms with Crippen molar-refractivity contribution in [3.63, 3.8) is 0 Å². The van der Waals surface area contributed by atoms with Crippen LogP contribution >= 0.6 is 0 Å². The zero-order valence-corrected chi connectivity index (χ0v) is 9.51. The van der Waals surface area contributed by atoms with Crippen LogP contribution in [0.2, 0.25) is 0 Å². The monoisotopic (exact) mass is 232 g/mol. The molecule has 1 amide bonds. The highest BCUT2D eigenvalue weighted by molar-refractivity contribution is 5.94. The Balaban J connectivity index is 2.37. The number of H-pyrrole nitrogens is 1. The van der Waals surface area contributed by atoms with Gasteiger partial charge in [-0.25, -0.2) is 4.39 Å². The van der Waals surface area contributed by atoms with Crippen molar-refractivity contribution in [2.24, 2.45) is 0 Å². The Morgan fingerprint density at radius 3 is 3.00 bits per heavy atom. The first kappa shape index (κ1) is 11.4. The zero-order valence-electron chi connectivity index (χ0n) is 9.51. The third kappa shape index (κ3) is 2.06. The summed E-state index contributed by atoms with van der Waals surface area (Å²) in [6.07, 6.45) is 2.04. The van der Waals surface area contributed by atoms with E-state index in [0.717, 1.165) is 11.1 Å². The summed E-state index contributed by atoms with van der Waals surface area (Å²) in [6, 6.07) is 4.85. The van der Waals surface area contributed by atoms with Crippen LogP contribution in [0, 0.1) is 5.82 Å². The molecule has 0 unspecified atom stereocenters. The summed E-state index contributed by atoms with van der Waals surface area (Å²) in [4.78, 5) is 14.3. The molecule has 0 fully saturated rings. The Kier molecular flexibility index (Phi) is 2.95. The third-order valence-corrected chi connectivity index (χ3v) is 2.69. The first-order valence-electron chi connectivity index (χ1n) is 5.28. The van der Waals surface area contributed by atoms with Gasteiger partial charge in [-0.2, -0.15) is 0 Å². The lowest BCUT2D eigenvalue weighted by Crippen LogP contribution is -2.20. The maximum Gasteiger partial charge on any atom is 0.246 e. The van der Waals surface area contributed by atoms with Crippen molar-refractivity contribution < 1.29 is 9.18 Å². The molecule has 17 heavy (non-hydrogen) atoms. The number of benzene rings is 1. The summed E-state index contributed by atoms with van der Waals surface area (Å²) in [6.45, 7) is 3.69. The van der Waals surface area contributed by atoms with Crippen molar-refractivity contribution >= 4 is 16.8 Å². The van der Waals surface area contributed by atoms with E-state index >= 15 is 0 Å². The van der Waals surface area contributed by atoms with Crippen LogP contribution in [0.3, 0.4) is 0 Å². The van der Waals surface area contributed by atoms with Crippen LogP contribution in [0.15, 0.2) is 36.5 Å². The number of fused-ring (bicyclic) bond motifs is 1. The van der Waals surface area contributed by atoms with E-state index in [1.54, 1.807) is 25.4 Å². The van der Waals surface area contributed by atoms with Gasteiger partial charge in [0, 0.05) is 36.1 Å². The van der Waals surface area contributed by atoms with Gasteiger partial charge in [0.1, 0.15) is 5.82 Å². The molecule has 1 aromatic heterocycles. The average Bonchev–Trinajstić information content (AvgIpc) is 2.72. The van der Waals surface area contributed by atoms with Crippen LogP contribution < -0.4 is 5.32 Å². The van der Waals surface area contributed by atoms with Crippen LogP contribution in [0.1, 0.15) is 5.56 Å². The lowest BCUT2D eigenvalue weighted by molar-refractivity contribution is -0.117. The molecule has 1 aromatic carbocycles. The van der Waals surface area contributed by atoms with Crippen molar-refractivity contribution in [2.45, 2.75) is 6.42 Å².